The molecule has 2 aliphatic rings. The van der Waals surface area contributed by atoms with Gasteiger partial charge in [0.05, 0.1) is 6.10 Å². The Morgan fingerprint density at radius 2 is 1.67 bits per heavy atom. The van der Waals surface area contributed by atoms with E-state index in [0.29, 0.717) is 11.8 Å². The van der Waals surface area contributed by atoms with Gasteiger partial charge in [-0.3, -0.25) is 0 Å². The van der Waals surface area contributed by atoms with E-state index in [4.69, 9.17) is 0 Å². The van der Waals surface area contributed by atoms with Crippen LogP contribution in [0.15, 0.2) is 54.6 Å². The number of aliphatic hydroxyl groups excluding tert-OH is 1. The number of aliphatic hydroxyl groups is 1. The SMILES string of the molecule is OC(c1cccc(C2CCC2)c1)C1CC1c1ccccc1. The molecule has 0 aromatic heterocycles. The van der Waals surface area contributed by atoms with Gasteiger partial charge in [-0.05, 0) is 53.7 Å². The molecule has 2 aromatic rings. The fraction of sp³-hybridized carbons (Fsp3) is 0.400. The van der Waals surface area contributed by atoms with Crippen molar-refractivity contribution in [1.29, 1.82) is 0 Å². The Hall–Kier alpha value is -1.60. The molecule has 0 heterocycles. The van der Waals surface area contributed by atoms with E-state index in [9.17, 15) is 5.11 Å². The summed E-state index contributed by atoms with van der Waals surface area (Å²) in [6.45, 7) is 0. The van der Waals surface area contributed by atoms with Crippen molar-refractivity contribution in [3.05, 3.63) is 71.3 Å². The van der Waals surface area contributed by atoms with Crippen molar-refractivity contribution in [3.8, 4) is 0 Å². The summed E-state index contributed by atoms with van der Waals surface area (Å²) in [6, 6.07) is 19.3. The van der Waals surface area contributed by atoms with Crippen LogP contribution in [0, 0.1) is 5.92 Å². The second-order valence-electron chi connectivity index (χ2n) is 6.66. The average Bonchev–Trinajstić information content (AvgIpc) is 3.26. The molecule has 1 nitrogen and oxygen atoms in total. The van der Waals surface area contributed by atoms with E-state index in [2.05, 4.69) is 54.6 Å². The summed E-state index contributed by atoms with van der Waals surface area (Å²) in [6.07, 6.45) is 4.79. The van der Waals surface area contributed by atoms with Gasteiger partial charge in [0, 0.05) is 0 Å². The van der Waals surface area contributed by atoms with Crippen LogP contribution in [0.25, 0.3) is 0 Å². The molecule has 3 unspecified atom stereocenters. The molecule has 2 aliphatic carbocycles. The highest BCUT2D eigenvalue weighted by molar-refractivity contribution is 5.33. The van der Waals surface area contributed by atoms with E-state index >= 15 is 0 Å². The minimum Gasteiger partial charge on any atom is -0.388 e. The first-order valence-corrected chi connectivity index (χ1v) is 8.16. The van der Waals surface area contributed by atoms with Gasteiger partial charge in [-0.1, -0.05) is 61.0 Å². The minimum absolute atomic E-state index is 0.310. The number of hydrogen-bond donors (Lipinski definition) is 1. The lowest BCUT2D eigenvalue weighted by molar-refractivity contribution is 0.151. The first kappa shape index (κ1) is 13.1. The van der Waals surface area contributed by atoms with Gasteiger partial charge in [-0.25, -0.2) is 0 Å². The lowest BCUT2D eigenvalue weighted by Gasteiger charge is -2.26. The number of rotatable bonds is 4. The van der Waals surface area contributed by atoms with Crippen molar-refractivity contribution in [2.75, 3.05) is 0 Å². The maximum absolute atomic E-state index is 10.7. The monoisotopic (exact) mass is 278 g/mol. The lowest BCUT2D eigenvalue weighted by Crippen LogP contribution is -2.10. The summed E-state index contributed by atoms with van der Waals surface area (Å²) in [5, 5.41) is 10.7. The maximum Gasteiger partial charge on any atom is 0.0824 e. The van der Waals surface area contributed by atoms with E-state index < -0.39 is 0 Å². The van der Waals surface area contributed by atoms with E-state index in [1.54, 1.807) is 0 Å². The van der Waals surface area contributed by atoms with Gasteiger partial charge >= 0.3 is 0 Å². The largest absolute Gasteiger partial charge is 0.388 e. The molecule has 0 aliphatic heterocycles. The molecule has 2 saturated carbocycles. The zero-order chi connectivity index (χ0) is 14.2. The molecule has 2 aromatic carbocycles. The van der Waals surface area contributed by atoms with Gasteiger partial charge in [-0.2, -0.15) is 0 Å². The van der Waals surface area contributed by atoms with Gasteiger partial charge in [0.1, 0.15) is 0 Å². The molecule has 0 amide bonds. The zero-order valence-corrected chi connectivity index (χ0v) is 12.3. The highest BCUT2D eigenvalue weighted by Gasteiger charge is 2.43. The van der Waals surface area contributed by atoms with Crippen LogP contribution >= 0.6 is 0 Å². The quantitative estimate of drug-likeness (QED) is 0.852. The summed E-state index contributed by atoms with van der Waals surface area (Å²) in [5.74, 6) is 1.67. The normalized spacial score (nSPS) is 26.1. The van der Waals surface area contributed by atoms with Crippen LogP contribution in [0.3, 0.4) is 0 Å². The first-order valence-electron chi connectivity index (χ1n) is 8.16. The molecule has 1 heteroatoms. The molecule has 0 radical (unpaired) electrons. The second kappa shape index (κ2) is 5.31. The van der Waals surface area contributed by atoms with Crippen molar-refractivity contribution in [2.24, 2.45) is 5.92 Å². The molecule has 4 rings (SSSR count). The van der Waals surface area contributed by atoms with E-state index in [1.165, 1.54) is 30.4 Å². The van der Waals surface area contributed by atoms with Crippen LogP contribution in [0.5, 0.6) is 0 Å². The summed E-state index contributed by atoms with van der Waals surface area (Å²) >= 11 is 0. The molecular formula is C20H22O. The van der Waals surface area contributed by atoms with Crippen molar-refractivity contribution in [3.63, 3.8) is 0 Å². The first-order chi connectivity index (χ1) is 10.3. The Morgan fingerprint density at radius 3 is 2.38 bits per heavy atom. The predicted octanol–water partition coefficient (Wildman–Crippen LogP) is 4.79. The molecule has 0 spiro atoms. The van der Waals surface area contributed by atoms with Crippen LogP contribution in [-0.4, -0.2) is 5.11 Å². The molecule has 2 fully saturated rings. The van der Waals surface area contributed by atoms with E-state index in [1.807, 2.05) is 0 Å². The van der Waals surface area contributed by atoms with Crippen LogP contribution < -0.4 is 0 Å². The number of benzene rings is 2. The molecule has 1 N–H and O–H groups in total. The van der Waals surface area contributed by atoms with Gasteiger partial charge in [0.2, 0.25) is 0 Å². The molecule has 0 saturated heterocycles. The second-order valence-corrected chi connectivity index (χ2v) is 6.66. The van der Waals surface area contributed by atoms with E-state index in [0.717, 1.165) is 17.9 Å². The minimum atomic E-state index is -0.310. The maximum atomic E-state index is 10.7. The van der Waals surface area contributed by atoms with E-state index in [-0.39, 0.29) is 6.10 Å². The Morgan fingerprint density at radius 1 is 0.905 bits per heavy atom. The topological polar surface area (TPSA) is 20.2 Å². The third kappa shape index (κ3) is 2.51. The average molecular weight is 278 g/mol. The van der Waals surface area contributed by atoms with Gasteiger partial charge in [0.25, 0.3) is 0 Å². The third-order valence-electron chi connectivity index (χ3n) is 5.30. The van der Waals surface area contributed by atoms with Gasteiger partial charge < -0.3 is 5.11 Å². The third-order valence-corrected chi connectivity index (χ3v) is 5.30. The highest BCUT2D eigenvalue weighted by atomic mass is 16.3. The van der Waals surface area contributed by atoms with Gasteiger partial charge in [-0.15, -0.1) is 0 Å². The number of hydrogen-bond acceptors (Lipinski definition) is 1. The summed E-state index contributed by atoms with van der Waals surface area (Å²) in [4.78, 5) is 0. The Labute approximate surface area is 126 Å². The standard InChI is InChI=1S/C20H22O/c21-20(19-13-18(19)15-6-2-1-3-7-15)17-11-5-10-16(12-17)14-8-4-9-14/h1-3,5-7,10-12,14,18-21H,4,8-9,13H2. The predicted molar refractivity (Wildman–Crippen MR) is 85.3 cm³/mol. The van der Waals surface area contributed by atoms with Crippen molar-refractivity contribution >= 4 is 0 Å². The summed E-state index contributed by atoms with van der Waals surface area (Å²) < 4.78 is 0. The van der Waals surface area contributed by atoms with Crippen LogP contribution in [0.4, 0.5) is 0 Å². The van der Waals surface area contributed by atoms with Gasteiger partial charge in [0.15, 0.2) is 0 Å². The zero-order valence-electron chi connectivity index (χ0n) is 12.3. The highest BCUT2D eigenvalue weighted by Crippen LogP contribution is 2.54. The van der Waals surface area contributed by atoms with Crippen LogP contribution in [0.2, 0.25) is 0 Å². The Kier molecular flexibility index (Phi) is 3.31. The lowest BCUT2D eigenvalue weighted by atomic mass is 9.79. The fourth-order valence-electron chi connectivity index (χ4n) is 3.63. The molecule has 21 heavy (non-hydrogen) atoms. The molecule has 3 atom stereocenters. The van der Waals surface area contributed by atoms with Crippen molar-refractivity contribution < 1.29 is 5.11 Å². The smallest absolute Gasteiger partial charge is 0.0824 e. The van der Waals surface area contributed by atoms with Crippen molar-refractivity contribution in [2.45, 2.75) is 43.6 Å². The summed E-state index contributed by atoms with van der Waals surface area (Å²) in [5.41, 5.74) is 3.91. The Bertz CT molecular complexity index is 615. The molecular weight excluding hydrogens is 256 g/mol. The van der Waals surface area contributed by atoms with Crippen LogP contribution in [-0.2, 0) is 0 Å². The fourth-order valence-corrected chi connectivity index (χ4v) is 3.63. The van der Waals surface area contributed by atoms with Crippen LogP contribution in [0.1, 0.15) is 60.3 Å². The van der Waals surface area contributed by atoms with Crippen molar-refractivity contribution in [1.82, 2.24) is 0 Å². The Balaban J connectivity index is 1.49. The molecule has 0 bridgehead atoms. The summed E-state index contributed by atoms with van der Waals surface area (Å²) in [7, 11) is 0. The molecule has 108 valence electrons.